The van der Waals surface area contributed by atoms with Crippen LogP contribution in [0, 0.1) is 0 Å². The molecule has 2 rings (SSSR count). The van der Waals surface area contributed by atoms with Gasteiger partial charge in [0.25, 0.3) is 0 Å². The lowest BCUT2D eigenvalue weighted by atomic mass is 10.3. The Morgan fingerprint density at radius 2 is 2.24 bits per heavy atom. The number of anilines is 1. The lowest BCUT2D eigenvalue weighted by Crippen LogP contribution is -2.34. The van der Waals surface area contributed by atoms with E-state index in [9.17, 15) is 0 Å². The second kappa shape index (κ2) is 7.74. The first-order valence-electron chi connectivity index (χ1n) is 7.04. The van der Waals surface area contributed by atoms with Crippen molar-refractivity contribution >= 4 is 22.1 Å². The van der Waals surface area contributed by atoms with E-state index in [-0.39, 0.29) is 6.04 Å². The molecule has 1 N–H and O–H groups in total. The molecule has 2 aromatic heterocycles. The SMILES string of the molecule is COCCNCc1c(N(C)C(C)COC)nc2sccn12. The molecule has 0 amide bonds. The summed E-state index contributed by atoms with van der Waals surface area (Å²) in [6.45, 7) is 5.11. The fraction of sp³-hybridized carbons (Fsp3) is 0.643. The maximum atomic E-state index is 5.25. The summed E-state index contributed by atoms with van der Waals surface area (Å²) >= 11 is 1.65. The average molecular weight is 312 g/mol. The second-order valence-corrected chi connectivity index (χ2v) is 5.90. The molecule has 0 aromatic carbocycles. The van der Waals surface area contributed by atoms with Crippen molar-refractivity contribution in [1.82, 2.24) is 14.7 Å². The molecule has 0 saturated heterocycles. The van der Waals surface area contributed by atoms with Gasteiger partial charge in [-0.3, -0.25) is 4.40 Å². The van der Waals surface area contributed by atoms with Gasteiger partial charge in [0.2, 0.25) is 0 Å². The molecule has 0 aliphatic carbocycles. The molecule has 21 heavy (non-hydrogen) atoms. The number of nitrogens with one attached hydrogen (secondary N) is 1. The number of thiazole rings is 1. The van der Waals surface area contributed by atoms with E-state index in [2.05, 4.69) is 40.2 Å². The largest absolute Gasteiger partial charge is 0.383 e. The quantitative estimate of drug-likeness (QED) is 0.713. The molecule has 0 aliphatic rings. The summed E-state index contributed by atoms with van der Waals surface area (Å²) in [6, 6.07) is 0.275. The predicted octanol–water partition coefficient (Wildman–Crippen LogP) is 1.60. The molecule has 1 atom stereocenters. The van der Waals surface area contributed by atoms with Gasteiger partial charge in [0.15, 0.2) is 10.8 Å². The third kappa shape index (κ3) is 3.74. The van der Waals surface area contributed by atoms with E-state index in [1.165, 1.54) is 5.69 Å². The van der Waals surface area contributed by atoms with Crippen LogP contribution >= 0.6 is 11.3 Å². The van der Waals surface area contributed by atoms with E-state index in [1.54, 1.807) is 25.6 Å². The van der Waals surface area contributed by atoms with Crippen LogP contribution in [0.15, 0.2) is 11.6 Å². The molecular formula is C14H24N4O2S. The number of hydrogen-bond donors (Lipinski definition) is 1. The molecule has 2 aromatic rings. The van der Waals surface area contributed by atoms with Crippen LogP contribution in [0.2, 0.25) is 0 Å². The highest BCUT2D eigenvalue weighted by Crippen LogP contribution is 2.25. The first kappa shape index (κ1) is 16.2. The van der Waals surface area contributed by atoms with Crippen molar-refractivity contribution in [2.45, 2.75) is 19.5 Å². The highest BCUT2D eigenvalue weighted by Gasteiger charge is 2.19. The van der Waals surface area contributed by atoms with E-state index < -0.39 is 0 Å². The van der Waals surface area contributed by atoms with Crippen molar-refractivity contribution < 1.29 is 9.47 Å². The first-order chi connectivity index (χ1) is 10.2. The molecule has 1 unspecified atom stereocenters. The predicted molar refractivity (Wildman–Crippen MR) is 86.4 cm³/mol. The van der Waals surface area contributed by atoms with Crippen LogP contribution < -0.4 is 10.2 Å². The molecule has 0 fully saturated rings. The van der Waals surface area contributed by atoms with Gasteiger partial charge in [0.05, 0.1) is 24.9 Å². The zero-order valence-electron chi connectivity index (χ0n) is 13.1. The van der Waals surface area contributed by atoms with Crippen LogP contribution in [0.3, 0.4) is 0 Å². The van der Waals surface area contributed by atoms with Crippen molar-refractivity contribution in [3.05, 3.63) is 17.3 Å². The highest BCUT2D eigenvalue weighted by atomic mass is 32.1. The van der Waals surface area contributed by atoms with Gasteiger partial charge >= 0.3 is 0 Å². The van der Waals surface area contributed by atoms with Crippen LogP contribution in [0.4, 0.5) is 5.82 Å². The number of methoxy groups -OCH3 is 2. The Morgan fingerprint density at radius 3 is 2.95 bits per heavy atom. The molecule has 118 valence electrons. The second-order valence-electron chi connectivity index (χ2n) is 5.02. The van der Waals surface area contributed by atoms with Gasteiger partial charge in [-0.15, -0.1) is 11.3 Å². The van der Waals surface area contributed by atoms with E-state index >= 15 is 0 Å². The van der Waals surface area contributed by atoms with E-state index in [0.717, 1.165) is 23.9 Å². The topological polar surface area (TPSA) is 51.0 Å². The van der Waals surface area contributed by atoms with Gasteiger partial charge in [0, 0.05) is 45.9 Å². The number of ether oxygens (including phenoxy) is 2. The van der Waals surface area contributed by atoms with E-state index in [1.807, 2.05) is 0 Å². The van der Waals surface area contributed by atoms with E-state index in [4.69, 9.17) is 14.5 Å². The van der Waals surface area contributed by atoms with Crippen molar-refractivity contribution in [2.75, 3.05) is 45.9 Å². The number of fused-ring (bicyclic) bond motifs is 1. The monoisotopic (exact) mass is 312 g/mol. The Balaban J connectivity index is 2.19. The van der Waals surface area contributed by atoms with Crippen molar-refractivity contribution in [1.29, 1.82) is 0 Å². The summed E-state index contributed by atoms with van der Waals surface area (Å²) in [7, 11) is 5.50. The summed E-state index contributed by atoms with van der Waals surface area (Å²) in [5.74, 6) is 1.01. The van der Waals surface area contributed by atoms with Crippen LogP contribution in [-0.2, 0) is 16.0 Å². The van der Waals surface area contributed by atoms with Crippen molar-refractivity contribution in [3.63, 3.8) is 0 Å². The molecule has 0 saturated carbocycles. The fourth-order valence-electron chi connectivity index (χ4n) is 2.21. The zero-order valence-corrected chi connectivity index (χ0v) is 13.9. The van der Waals surface area contributed by atoms with Gasteiger partial charge in [-0.2, -0.15) is 0 Å². The smallest absolute Gasteiger partial charge is 0.195 e. The van der Waals surface area contributed by atoms with Crippen LogP contribution in [0.1, 0.15) is 12.6 Å². The molecule has 2 heterocycles. The third-order valence-electron chi connectivity index (χ3n) is 3.52. The lowest BCUT2D eigenvalue weighted by molar-refractivity contribution is 0.183. The minimum Gasteiger partial charge on any atom is -0.383 e. The number of likely N-dealkylation sites (N-methyl/N-ethyl adjacent to an activating group) is 1. The number of nitrogens with zero attached hydrogens (tertiary/aromatic N) is 3. The van der Waals surface area contributed by atoms with Crippen LogP contribution in [0.25, 0.3) is 4.96 Å². The zero-order chi connectivity index (χ0) is 15.2. The minimum atomic E-state index is 0.275. The molecule has 0 bridgehead atoms. The standard InChI is InChI=1S/C14H24N4O2S/c1-11(10-20-4)17(2)13-12(9-15-5-7-19-3)18-6-8-21-14(18)16-13/h6,8,11,15H,5,7,9-10H2,1-4H3. The first-order valence-corrected chi connectivity index (χ1v) is 7.92. The summed E-state index contributed by atoms with van der Waals surface area (Å²) in [4.78, 5) is 7.95. The highest BCUT2D eigenvalue weighted by molar-refractivity contribution is 7.15. The van der Waals surface area contributed by atoms with Crippen molar-refractivity contribution in [2.24, 2.45) is 0 Å². The van der Waals surface area contributed by atoms with Gasteiger partial charge in [0.1, 0.15) is 0 Å². The maximum Gasteiger partial charge on any atom is 0.195 e. The Morgan fingerprint density at radius 1 is 1.43 bits per heavy atom. The third-order valence-corrected chi connectivity index (χ3v) is 4.28. The summed E-state index contributed by atoms with van der Waals surface area (Å²) in [5.41, 5.74) is 1.17. The molecule has 7 heteroatoms. The number of aromatic nitrogens is 2. The molecule has 0 aliphatic heterocycles. The van der Waals surface area contributed by atoms with Gasteiger partial charge in [-0.05, 0) is 6.92 Å². The summed E-state index contributed by atoms with van der Waals surface area (Å²) in [5, 5.41) is 5.46. The number of hydrogen-bond acceptors (Lipinski definition) is 6. The number of rotatable bonds is 9. The Bertz CT molecular complexity index is 554. The Labute approximate surface area is 129 Å². The van der Waals surface area contributed by atoms with Crippen LogP contribution in [0.5, 0.6) is 0 Å². The Kier molecular flexibility index (Phi) is 5.98. The summed E-state index contributed by atoms with van der Waals surface area (Å²) < 4.78 is 12.5. The maximum absolute atomic E-state index is 5.25. The minimum absolute atomic E-state index is 0.275. The van der Waals surface area contributed by atoms with Gasteiger partial charge in [-0.25, -0.2) is 4.98 Å². The lowest BCUT2D eigenvalue weighted by Gasteiger charge is -2.25. The fourth-order valence-corrected chi connectivity index (χ4v) is 2.94. The molecule has 6 nitrogen and oxygen atoms in total. The molecule has 0 spiro atoms. The normalized spacial score (nSPS) is 13.0. The molecular weight excluding hydrogens is 288 g/mol. The van der Waals surface area contributed by atoms with Gasteiger partial charge < -0.3 is 19.7 Å². The number of imidazole rings is 1. The Hall–Kier alpha value is -1.15. The average Bonchev–Trinajstić information content (AvgIpc) is 3.04. The molecule has 0 radical (unpaired) electrons. The van der Waals surface area contributed by atoms with Crippen molar-refractivity contribution in [3.8, 4) is 0 Å². The van der Waals surface area contributed by atoms with Gasteiger partial charge in [-0.1, -0.05) is 0 Å². The van der Waals surface area contributed by atoms with E-state index in [0.29, 0.717) is 13.2 Å². The summed E-state index contributed by atoms with van der Waals surface area (Å²) in [6.07, 6.45) is 2.07. The van der Waals surface area contributed by atoms with Crippen LogP contribution in [-0.4, -0.2) is 56.5 Å².